The molecule has 0 saturated heterocycles. The third-order valence-electron chi connectivity index (χ3n) is 3.61. The van der Waals surface area contributed by atoms with Crippen molar-refractivity contribution in [2.75, 3.05) is 14.2 Å². The number of nitrogens with one attached hydrogen (secondary N) is 2. The van der Waals surface area contributed by atoms with E-state index in [1.54, 1.807) is 0 Å². The summed E-state index contributed by atoms with van der Waals surface area (Å²) in [5, 5.41) is 81.5. The summed E-state index contributed by atoms with van der Waals surface area (Å²) in [7, 11) is 2.09. The minimum Gasteiger partial charge on any atom is -0.636 e. The molecule has 0 aromatic heterocycles. The average molecular weight is 548 g/mol. The van der Waals surface area contributed by atoms with Crippen molar-refractivity contribution in [1.29, 1.82) is 10.8 Å². The van der Waals surface area contributed by atoms with Crippen molar-refractivity contribution < 1.29 is 169 Å². The van der Waals surface area contributed by atoms with Gasteiger partial charge in [-0.15, -0.1) is 20.5 Å². The van der Waals surface area contributed by atoms with Crippen LogP contribution in [0.1, 0.15) is 11.1 Å². The van der Waals surface area contributed by atoms with Gasteiger partial charge in [0.05, 0.1) is 14.2 Å². The van der Waals surface area contributed by atoms with Crippen LogP contribution in [0.2, 0.25) is 0 Å². The topological polar surface area (TPSA) is 294 Å². The molecule has 1 aromatic carbocycles. The predicted octanol–water partition coefficient (Wildman–Crippen LogP) is -14.1. The summed E-state index contributed by atoms with van der Waals surface area (Å²) >= 11 is 0. The third kappa shape index (κ3) is 10.8. The molecule has 0 atom stereocenters. The van der Waals surface area contributed by atoms with E-state index in [2.05, 4.69) is 61.5 Å². The van der Waals surface area contributed by atoms with Crippen LogP contribution >= 0.6 is 0 Å². The van der Waals surface area contributed by atoms with Gasteiger partial charge in [0.2, 0.25) is 11.8 Å². The van der Waals surface area contributed by atoms with Crippen LogP contribution in [0.15, 0.2) is 65.8 Å². The Hall–Kier alpha value is -0.400. The van der Waals surface area contributed by atoms with E-state index in [1.807, 2.05) is 0 Å². The number of methoxy groups -OCH3 is 2. The first-order chi connectivity index (χ1) is 15.4. The van der Waals surface area contributed by atoms with Gasteiger partial charge in [-0.1, -0.05) is 24.3 Å². The van der Waals surface area contributed by atoms with Gasteiger partial charge < -0.3 is 50.5 Å². The summed E-state index contributed by atoms with van der Waals surface area (Å²) in [6.07, 6.45) is 0. The van der Waals surface area contributed by atoms with Crippen LogP contribution in [0.3, 0.4) is 0 Å². The molecular formula is C12H12N10Na4O10. The molecule has 0 unspecified atom stereocenters. The zero-order chi connectivity index (χ0) is 24.0. The SMILES string of the molecule is COC(=N)C(/N=N/O[O-])(/N=N/O[O-])c1ccc(C(/N=N/O[O-])(/N=N/O[O-])C(=N)OC)cc1.[Na+].[Na+].[Na+].[Na+]. The number of hydrogen-bond acceptors (Lipinski definition) is 20. The van der Waals surface area contributed by atoms with Crippen molar-refractivity contribution in [3.63, 3.8) is 0 Å². The average Bonchev–Trinajstić information content (AvgIpc) is 2.84. The van der Waals surface area contributed by atoms with Gasteiger partial charge in [-0.05, 0) is 0 Å². The van der Waals surface area contributed by atoms with Gasteiger partial charge in [-0.2, -0.15) is 0 Å². The number of nitrogens with zero attached hydrogens (tertiary/aromatic N) is 8. The molecule has 1 rings (SSSR count). The first kappa shape index (κ1) is 42.7. The maximum Gasteiger partial charge on any atom is 1.00 e. The summed E-state index contributed by atoms with van der Waals surface area (Å²) in [6, 6.07) is 4.54. The summed E-state index contributed by atoms with van der Waals surface area (Å²) < 4.78 is 9.52. The normalized spacial score (nSPS) is 11.1. The first-order valence-corrected chi connectivity index (χ1v) is 7.64. The molecule has 0 amide bonds. The molecule has 0 bridgehead atoms. The van der Waals surface area contributed by atoms with Gasteiger partial charge >= 0.3 is 118 Å². The second-order valence-corrected chi connectivity index (χ2v) is 5.01. The molecule has 2 N–H and O–H groups in total. The molecule has 0 spiro atoms. The third-order valence-corrected chi connectivity index (χ3v) is 3.61. The Morgan fingerprint density at radius 2 is 0.806 bits per heavy atom. The summed E-state index contributed by atoms with van der Waals surface area (Å²) in [5.41, 5.74) is -4.97. The van der Waals surface area contributed by atoms with Gasteiger partial charge in [0, 0.05) is 32.2 Å². The summed E-state index contributed by atoms with van der Waals surface area (Å²) in [6.45, 7) is 0. The quantitative estimate of drug-likeness (QED) is 0.0620. The molecule has 36 heavy (non-hydrogen) atoms. The second-order valence-electron chi connectivity index (χ2n) is 5.01. The fraction of sp³-hybridized carbons (Fsp3) is 0.333. The molecule has 20 nitrogen and oxygen atoms in total. The van der Waals surface area contributed by atoms with Crippen molar-refractivity contribution in [1.82, 2.24) is 0 Å². The minimum atomic E-state index is -2.36. The predicted molar refractivity (Wildman–Crippen MR) is 83.0 cm³/mol. The number of hydrogen-bond donors (Lipinski definition) is 2. The fourth-order valence-corrected chi connectivity index (χ4v) is 2.24. The Bertz CT molecular complexity index is 793. The molecule has 174 valence electrons. The minimum absolute atomic E-state index is 0. The Morgan fingerprint density at radius 1 is 0.583 bits per heavy atom. The molecule has 24 heteroatoms. The summed E-state index contributed by atoms with van der Waals surface area (Å²) in [5.74, 6) is -1.58. The van der Waals surface area contributed by atoms with Gasteiger partial charge in [-0.25, -0.2) is 0 Å². The van der Waals surface area contributed by atoms with Crippen LogP contribution in [0.4, 0.5) is 0 Å². The number of ether oxygens (including phenoxy) is 2. The van der Waals surface area contributed by atoms with E-state index in [-0.39, 0.29) is 129 Å². The molecule has 0 radical (unpaired) electrons. The Balaban J connectivity index is -0.00000128. The van der Waals surface area contributed by atoms with Crippen molar-refractivity contribution in [2.45, 2.75) is 11.3 Å². The Morgan fingerprint density at radius 3 is 0.972 bits per heavy atom. The second kappa shape index (κ2) is 22.6. The van der Waals surface area contributed by atoms with Crippen molar-refractivity contribution in [3.05, 3.63) is 35.4 Å². The van der Waals surface area contributed by atoms with Crippen LogP contribution in [0.5, 0.6) is 0 Å². The van der Waals surface area contributed by atoms with E-state index in [0.717, 1.165) is 38.5 Å². The van der Waals surface area contributed by atoms with E-state index in [0.29, 0.717) is 0 Å². The van der Waals surface area contributed by atoms with Crippen LogP contribution in [-0.4, -0.2) is 26.0 Å². The van der Waals surface area contributed by atoms with E-state index in [4.69, 9.17) is 20.3 Å². The van der Waals surface area contributed by atoms with Crippen LogP contribution < -0.4 is 139 Å². The standard InChI is InChI=1S/C12H16N10O10.4Na/c1-27-9(13)11(15-19-29-23,16-20-30-24)7-3-5-8(6-4-7)12(10(14)28-2,17-21-31-25)18-22-32-26;;;;/h3-6,13-14,23-26H,1-2H3;;;;/q;4*+1/p-4/b13-9?,14-10?,19-15+,20-16+,21-17+,22-18+;;;;. The molecule has 0 aliphatic rings. The van der Waals surface area contributed by atoms with Gasteiger partial charge in [-0.3, -0.25) is 10.8 Å². The number of benzene rings is 1. The summed E-state index contributed by atoms with van der Waals surface area (Å²) in [4.78, 5) is 13.0. The maximum atomic E-state index is 10.3. The van der Waals surface area contributed by atoms with Crippen molar-refractivity contribution in [2.24, 2.45) is 41.6 Å². The van der Waals surface area contributed by atoms with Crippen LogP contribution in [0, 0.1) is 10.8 Å². The van der Waals surface area contributed by atoms with Crippen LogP contribution in [0.25, 0.3) is 0 Å². The molecule has 1 aromatic rings. The number of rotatable bonds is 12. The van der Waals surface area contributed by atoms with Gasteiger partial charge in [0.15, 0.2) is 0 Å². The first-order valence-electron chi connectivity index (χ1n) is 7.64. The molecular weight excluding hydrogens is 536 g/mol. The van der Waals surface area contributed by atoms with Crippen molar-refractivity contribution >= 4 is 11.8 Å². The van der Waals surface area contributed by atoms with E-state index in [9.17, 15) is 21.0 Å². The van der Waals surface area contributed by atoms with Gasteiger partial charge in [0.1, 0.15) is 0 Å². The Kier molecular flexibility index (Phi) is 26.8. The fourth-order valence-electron chi connectivity index (χ4n) is 2.24. The maximum absolute atomic E-state index is 10.3. The monoisotopic (exact) mass is 548 g/mol. The molecule has 0 aliphatic heterocycles. The molecule has 0 aliphatic carbocycles. The Labute approximate surface area is 290 Å². The zero-order valence-corrected chi connectivity index (χ0v) is 28.0. The van der Waals surface area contributed by atoms with E-state index in [1.165, 1.54) is 0 Å². The van der Waals surface area contributed by atoms with E-state index >= 15 is 0 Å². The smallest absolute Gasteiger partial charge is 0.636 e. The molecule has 0 fully saturated rings. The zero-order valence-electron chi connectivity index (χ0n) is 20.0. The molecule has 0 heterocycles. The molecule has 0 saturated carbocycles. The van der Waals surface area contributed by atoms with Gasteiger partial charge in [0.25, 0.3) is 11.3 Å². The van der Waals surface area contributed by atoms with E-state index < -0.39 is 23.1 Å². The van der Waals surface area contributed by atoms with Crippen molar-refractivity contribution in [3.8, 4) is 0 Å². The largest absolute Gasteiger partial charge is 1.00 e. The van der Waals surface area contributed by atoms with Crippen LogP contribution in [-0.2, 0) is 40.8 Å².